The first-order valence-corrected chi connectivity index (χ1v) is 7.14. The zero-order valence-electron chi connectivity index (χ0n) is 12.4. The van der Waals surface area contributed by atoms with Crippen molar-refractivity contribution in [2.75, 3.05) is 0 Å². The largest absolute Gasteiger partial charge is 0.455 e. The van der Waals surface area contributed by atoms with Gasteiger partial charge in [0.25, 0.3) is 5.78 Å². The Hall–Kier alpha value is -3.13. The van der Waals surface area contributed by atoms with E-state index in [1.807, 2.05) is 48.5 Å². The zero-order chi connectivity index (χ0) is 16.5. The number of benzene rings is 2. The number of carbonyl (C=O) groups is 2. The first-order chi connectivity index (χ1) is 11.2. The lowest BCUT2D eigenvalue weighted by atomic mass is 10.0. The van der Waals surface area contributed by atoms with Crippen molar-refractivity contribution < 1.29 is 14.3 Å². The lowest BCUT2D eigenvalue weighted by Crippen LogP contribution is -2.40. The summed E-state index contributed by atoms with van der Waals surface area (Å²) >= 11 is 0. The van der Waals surface area contributed by atoms with Gasteiger partial charge in [0.1, 0.15) is 12.6 Å². The minimum atomic E-state index is -0.947. The molecular formula is C18H16N2O3. The van der Waals surface area contributed by atoms with Crippen LogP contribution in [0.1, 0.15) is 11.1 Å². The van der Waals surface area contributed by atoms with Crippen LogP contribution in [0.2, 0.25) is 0 Å². The number of ketones is 1. The van der Waals surface area contributed by atoms with E-state index in [1.54, 1.807) is 18.3 Å². The molecule has 1 atom stereocenters. The zero-order valence-corrected chi connectivity index (χ0v) is 12.4. The summed E-state index contributed by atoms with van der Waals surface area (Å²) in [6.45, 7) is 0.0238. The quantitative estimate of drug-likeness (QED) is 0.366. The Morgan fingerprint density at radius 2 is 1.57 bits per heavy atom. The first kappa shape index (κ1) is 16.2. The van der Waals surface area contributed by atoms with Crippen LogP contribution in [0.3, 0.4) is 0 Å². The van der Waals surface area contributed by atoms with Crippen LogP contribution in [0.4, 0.5) is 0 Å². The molecule has 0 aliphatic heterocycles. The minimum Gasteiger partial charge on any atom is -0.455 e. The van der Waals surface area contributed by atoms with Gasteiger partial charge < -0.3 is 10.1 Å². The molecule has 2 rings (SSSR count). The van der Waals surface area contributed by atoms with Crippen LogP contribution < -0.4 is 5.32 Å². The molecule has 0 aliphatic rings. The Morgan fingerprint density at radius 1 is 1.00 bits per heavy atom. The van der Waals surface area contributed by atoms with E-state index in [0.29, 0.717) is 0 Å². The maximum atomic E-state index is 12.2. The number of carbonyl (C=O) groups excluding carboxylic acids is 2. The Kier molecular flexibility index (Phi) is 5.89. The average Bonchev–Trinajstić information content (AvgIpc) is 2.60. The molecule has 0 fully saturated rings. The highest BCUT2D eigenvalue weighted by Crippen LogP contribution is 2.06. The van der Waals surface area contributed by atoms with E-state index in [0.717, 1.165) is 11.1 Å². The topological polar surface area (TPSA) is 79.2 Å². The van der Waals surface area contributed by atoms with Crippen molar-refractivity contribution in [2.45, 2.75) is 19.1 Å². The van der Waals surface area contributed by atoms with E-state index in [1.165, 1.54) is 0 Å². The number of esters is 1. The van der Waals surface area contributed by atoms with Crippen molar-refractivity contribution in [2.24, 2.45) is 0 Å². The fraction of sp³-hybridized carbons (Fsp3) is 0.167. The van der Waals surface area contributed by atoms with E-state index in [2.05, 4.69) is 5.32 Å². The Balaban J connectivity index is 1.96. The number of ether oxygens (including phenoxy) is 1. The second kappa shape index (κ2) is 8.35. The summed E-state index contributed by atoms with van der Waals surface area (Å²) in [5.41, 5.74) is 1.64. The summed E-state index contributed by atoms with van der Waals surface area (Å²) in [5.74, 6) is -1.70. The minimum absolute atomic E-state index is 0.0238. The van der Waals surface area contributed by atoms with Crippen molar-refractivity contribution in [3.8, 4) is 6.19 Å². The van der Waals surface area contributed by atoms with Gasteiger partial charge in [-0.25, -0.2) is 4.79 Å². The molecule has 0 heterocycles. The average molecular weight is 308 g/mol. The lowest BCUT2D eigenvalue weighted by molar-refractivity contribution is -0.155. The molecule has 23 heavy (non-hydrogen) atoms. The molecule has 0 aromatic heterocycles. The summed E-state index contributed by atoms with van der Waals surface area (Å²) in [6, 6.07) is 17.3. The fourth-order valence-corrected chi connectivity index (χ4v) is 2.07. The van der Waals surface area contributed by atoms with Crippen molar-refractivity contribution in [1.82, 2.24) is 5.32 Å². The van der Waals surface area contributed by atoms with Crippen LogP contribution in [0, 0.1) is 11.5 Å². The second-order valence-electron chi connectivity index (χ2n) is 4.92. The highest BCUT2D eigenvalue weighted by Gasteiger charge is 2.26. The first-order valence-electron chi connectivity index (χ1n) is 7.14. The molecule has 116 valence electrons. The molecule has 2 aromatic carbocycles. The van der Waals surface area contributed by atoms with Gasteiger partial charge in [0.15, 0.2) is 6.19 Å². The smallest absolute Gasteiger partial charge is 0.377 e. The molecule has 0 saturated heterocycles. The highest BCUT2D eigenvalue weighted by molar-refractivity contribution is 6.35. The summed E-state index contributed by atoms with van der Waals surface area (Å²) in [4.78, 5) is 24.1. The Labute approximate surface area is 134 Å². The van der Waals surface area contributed by atoms with E-state index >= 15 is 0 Å². The second-order valence-corrected chi connectivity index (χ2v) is 4.92. The highest BCUT2D eigenvalue weighted by atomic mass is 16.5. The summed E-state index contributed by atoms with van der Waals surface area (Å²) in [6.07, 6.45) is 1.96. The number of nitrogens with one attached hydrogen (secondary N) is 1. The van der Waals surface area contributed by atoms with Gasteiger partial charge in [-0.05, 0) is 11.1 Å². The van der Waals surface area contributed by atoms with E-state index in [-0.39, 0.29) is 13.0 Å². The number of Topliss-reactive ketones (excluding diaryl/α,β-unsaturated/α-hetero) is 1. The number of nitriles is 1. The van der Waals surface area contributed by atoms with Crippen molar-refractivity contribution in [1.29, 1.82) is 5.26 Å². The van der Waals surface area contributed by atoms with Gasteiger partial charge in [-0.1, -0.05) is 60.7 Å². The van der Waals surface area contributed by atoms with Crippen LogP contribution in [0.5, 0.6) is 0 Å². The lowest BCUT2D eigenvalue weighted by Gasteiger charge is -2.13. The van der Waals surface area contributed by atoms with Crippen molar-refractivity contribution in [3.05, 3.63) is 71.8 Å². The molecule has 1 N–H and O–H groups in total. The van der Waals surface area contributed by atoms with Gasteiger partial charge in [0.2, 0.25) is 0 Å². The molecule has 0 saturated carbocycles. The van der Waals surface area contributed by atoms with E-state index < -0.39 is 17.8 Å². The van der Waals surface area contributed by atoms with Crippen LogP contribution in [0.15, 0.2) is 60.7 Å². The maximum absolute atomic E-state index is 12.2. The molecule has 5 heteroatoms. The Bertz CT molecular complexity index is 693. The molecule has 0 amide bonds. The number of rotatable bonds is 7. The third kappa shape index (κ3) is 4.97. The molecule has 0 bridgehead atoms. The summed E-state index contributed by atoms with van der Waals surface area (Å²) in [5, 5.41) is 11.2. The fourth-order valence-electron chi connectivity index (χ4n) is 2.07. The third-order valence-corrected chi connectivity index (χ3v) is 3.25. The van der Waals surface area contributed by atoms with Gasteiger partial charge in [-0.15, -0.1) is 0 Å². The molecule has 0 aliphatic carbocycles. The van der Waals surface area contributed by atoms with Crippen LogP contribution in [-0.2, 0) is 27.4 Å². The van der Waals surface area contributed by atoms with Crippen LogP contribution in [-0.4, -0.2) is 17.8 Å². The molecular weight excluding hydrogens is 292 g/mol. The maximum Gasteiger partial charge on any atom is 0.377 e. The molecule has 0 spiro atoms. The standard InChI is InChI=1S/C18H16N2O3/c19-13-20-16(11-14-7-3-1-4-8-14)17(21)18(22)23-12-15-9-5-2-6-10-15/h1-10,16,20H,11-12H2/t16-/m0/s1. The normalized spacial score (nSPS) is 11.1. The summed E-state index contributed by atoms with van der Waals surface area (Å²) < 4.78 is 5.02. The third-order valence-electron chi connectivity index (χ3n) is 3.25. The van der Waals surface area contributed by atoms with Crippen molar-refractivity contribution >= 4 is 11.8 Å². The van der Waals surface area contributed by atoms with E-state index in [4.69, 9.17) is 10.00 Å². The summed E-state index contributed by atoms with van der Waals surface area (Å²) in [7, 11) is 0. The van der Waals surface area contributed by atoms with Gasteiger partial charge in [-0.3, -0.25) is 4.79 Å². The molecule has 2 aromatic rings. The van der Waals surface area contributed by atoms with Gasteiger partial charge in [0.05, 0.1) is 0 Å². The van der Waals surface area contributed by atoms with Crippen molar-refractivity contribution in [3.63, 3.8) is 0 Å². The van der Waals surface area contributed by atoms with Gasteiger partial charge in [0, 0.05) is 6.42 Å². The Morgan fingerprint density at radius 3 is 2.13 bits per heavy atom. The van der Waals surface area contributed by atoms with Crippen LogP contribution >= 0.6 is 0 Å². The molecule has 0 radical (unpaired) electrons. The number of hydrogen-bond acceptors (Lipinski definition) is 5. The van der Waals surface area contributed by atoms with E-state index in [9.17, 15) is 9.59 Å². The SMILES string of the molecule is N#CN[C@@H](Cc1ccccc1)C(=O)C(=O)OCc1ccccc1. The predicted molar refractivity (Wildman–Crippen MR) is 83.9 cm³/mol. The molecule has 0 unspecified atom stereocenters. The molecule has 5 nitrogen and oxygen atoms in total. The van der Waals surface area contributed by atoms with Crippen LogP contribution in [0.25, 0.3) is 0 Å². The van der Waals surface area contributed by atoms with Gasteiger partial charge in [-0.2, -0.15) is 5.26 Å². The van der Waals surface area contributed by atoms with Gasteiger partial charge >= 0.3 is 5.97 Å². The predicted octanol–water partition coefficient (Wildman–Crippen LogP) is 1.98. The number of nitrogens with zero attached hydrogens (tertiary/aromatic N) is 1. The monoisotopic (exact) mass is 308 g/mol. The number of hydrogen-bond donors (Lipinski definition) is 1.